The van der Waals surface area contributed by atoms with Gasteiger partial charge >= 0.3 is 0 Å². The van der Waals surface area contributed by atoms with Gasteiger partial charge in [0, 0.05) is 11.1 Å². The van der Waals surface area contributed by atoms with Crippen molar-refractivity contribution >= 4 is 49.6 Å². The monoisotopic (exact) mass is 421 g/mol. The Balaban J connectivity index is 1.46. The predicted molar refractivity (Wildman–Crippen MR) is 118 cm³/mol. The molecule has 0 spiro atoms. The van der Waals surface area contributed by atoms with Crippen LogP contribution in [0.3, 0.4) is 0 Å². The van der Waals surface area contributed by atoms with Gasteiger partial charge in [-0.25, -0.2) is 4.98 Å². The first kappa shape index (κ1) is 18.2. The number of nitrogens with one attached hydrogen (secondary N) is 1. The predicted octanol–water partition coefficient (Wildman–Crippen LogP) is 4.56. The van der Waals surface area contributed by atoms with Gasteiger partial charge in [0.1, 0.15) is 14.7 Å². The minimum atomic E-state index is -0.262. The van der Waals surface area contributed by atoms with Crippen LogP contribution in [0.5, 0.6) is 0 Å². The number of aryl methyl sites for hydroxylation is 2. The Bertz CT molecular complexity index is 1210. The van der Waals surface area contributed by atoms with E-state index < -0.39 is 0 Å². The van der Waals surface area contributed by atoms with Gasteiger partial charge in [-0.1, -0.05) is 41.7 Å². The highest BCUT2D eigenvalue weighted by atomic mass is 32.1. The molecule has 8 heteroatoms. The molecule has 0 fully saturated rings. The van der Waals surface area contributed by atoms with E-state index in [1.807, 2.05) is 13.0 Å². The second-order valence-electron chi connectivity index (χ2n) is 7.22. The molecule has 3 heterocycles. The zero-order valence-corrected chi connectivity index (χ0v) is 17.4. The van der Waals surface area contributed by atoms with Crippen LogP contribution in [0.25, 0.3) is 10.2 Å². The Kier molecular flexibility index (Phi) is 4.52. The number of nitrogen functional groups attached to an aromatic ring is 1. The van der Waals surface area contributed by atoms with E-state index >= 15 is 0 Å². The molecular weight excluding hydrogens is 402 g/mol. The van der Waals surface area contributed by atoms with Crippen LogP contribution in [0.2, 0.25) is 0 Å². The quantitative estimate of drug-likeness (QED) is 0.506. The van der Waals surface area contributed by atoms with Gasteiger partial charge in [-0.3, -0.25) is 10.1 Å². The molecule has 1 aliphatic carbocycles. The Morgan fingerprint density at radius 1 is 1.21 bits per heavy atom. The number of thiophene rings is 1. The molecule has 146 valence electrons. The molecule has 1 amide bonds. The van der Waals surface area contributed by atoms with Crippen LogP contribution in [0.4, 0.5) is 10.8 Å². The molecule has 0 saturated heterocycles. The van der Waals surface area contributed by atoms with E-state index in [1.165, 1.54) is 33.8 Å². The molecular formula is C21H19N5OS2. The van der Waals surface area contributed by atoms with Crippen molar-refractivity contribution < 1.29 is 4.79 Å². The summed E-state index contributed by atoms with van der Waals surface area (Å²) >= 11 is 2.67. The maximum Gasteiger partial charge on any atom is 0.269 e. The maximum absolute atomic E-state index is 12.7. The number of nitrogens with zero attached hydrogens (tertiary/aromatic N) is 3. The van der Waals surface area contributed by atoms with E-state index in [0.717, 1.165) is 40.2 Å². The van der Waals surface area contributed by atoms with Gasteiger partial charge in [-0.05, 0) is 49.3 Å². The van der Waals surface area contributed by atoms with Crippen molar-refractivity contribution in [1.29, 1.82) is 0 Å². The maximum atomic E-state index is 12.7. The van der Waals surface area contributed by atoms with Crippen LogP contribution in [0.15, 0.2) is 36.4 Å². The molecule has 1 atom stereocenters. The van der Waals surface area contributed by atoms with Gasteiger partial charge in [0.2, 0.25) is 5.13 Å². The molecule has 6 nitrogen and oxygen atoms in total. The van der Waals surface area contributed by atoms with Crippen LogP contribution in [0, 0.1) is 6.92 Å². The third-order valence-electron chi connectivity index (χ3n) is 5.31. The molecule has 5 rings (SSSR count). The molecule has 3 aromatic heterocycles. The molecule has 1 aliphatic rings. The average Bonchev–Trinajstić information content (AvgIpc) is 3.29. The number of rotatable bonds is 3. The molecule has 4 aromatic rings. The van der Waals surface area contributed by atoms with Gasteiger partial charge in [0.15, 0.2) is 0 Å². The number of aromatic nitrogens is 3. The first-order valence-corrected chi connectivity index (χ1v) is 11.1. The number of hydrogen-bond acceptors (Lipinski definition) is 7. The van der Waals surface area contributed by atoms with Crippen molar-refractivity contribution in [3.8, 4) is 0 Å². The summed E-state index contributed by atoms with van der Waals surface area (Å²) in [6.07, 6.45) is 2.97. The molecule has 0 aliphatic heterocycles. The van der Waals surface area contributed by atoms with Gasteiger partial charge in [0.25, 0.3) is 5.91 Å². The van der Waals surface area contributed by atoms with Crippen molar-refractivity contribution in [1.82, 2.24) is 15.2 Å². The number of pyridine rings is 1. The lowest BCUT2D eigenvalue weighted by Gasteiger charge is -2.24. The zero-order valence-electron chi connectivity index (χ0n) is 15.8. The van der Waals surface area contributed by atoms with Gasteiger partial charge in [-0.15, -0.1) is 21.5 Å². The molecule has 3 N–H and O–H groups in total. The molecule has 0 unspecified atom stereocenters. The van der Waals surface area contributed by atoms with E-state index in [0.29, 0.717) is 21.6 Å². The Labute approximate surface area is 175 Å². The second-order valence-corrected chi connectivity index (χ2v) is 9.40. The fourth-order valence-electron chi connectivity index (χ4n) is 3.87. The molecule has 29 heavy (non-hydrogen) atoms. The first-order chi connectivity index (χ1) is 14.1. The summed E-state index contributed by atoms with van der Waals surface area (Å²) in [6, 6.07) is 12.7. The fourth-order valence-corrected chi connectivity index (χ4v) is 5.45. The summed E-state index contributed by atoms with van der Waals surface area (Å²) in [5.74, 6) is 0.230. The minimum absolute atomic E-state index is 0.262. The fraction of sp³-hybridized carbons (Fsp3) is 0.238. The standard InChI is InChI=1S/C21H19N5OS2/c1-11-25-26-21(28-11)24-19(27)18-17(22)15-10-14-9-13(12-5-3-2-4-6-12)7-8-16(14)23-20(15)29-18/h2-6,10,13H,7-9,22H2,1H3,(H,24,26,27)/t13-/m0/s1. The summed E-state index contributed by atoms with van der Waals surface area (Å²) in [7, 11) is 0. The van der Waals surface area contributed by atoms with Crippen LogP contribution >= 0.6 is 22.7 Å². The average molecular weight is 422 g/mol. The Morgan fingerprint density at radius 2 is 2.03 bits per heavy atom. The summed E-state index contributed by atoms with van der Waals surface area (Å²) in [6.45, 7) is 1.85. The highest BCUT2D eigenvalue weighted by molar-refractivity contribution is 7.21. The van der Waals surface area contributed by atoms with E-state index in [9.17, 15) is 4.79 Å². The largest absolute Gasteiger partial charge is 0.397 e. The summed E-state index contributed by atoms with van der Waals surface area (Å²) in [5.41, 5.74) is 10.6. The van der Waals surface area contributed by atoms with Crippen LogP contribution in [-0.4, -0.2) is 21.1 Å². The molecule has 1 aromatic carbocycles. The van der Waals surface area contributed by atoms with Crippen molar-refractivity contribution in [2.24, 2.45) is 0 Å². The van der Waals surface area contributed by atoms with Crippen LogP contribution in [-0.2, 0) is 12.8 Å². The van der Waals surface area contributed by atoms with E-state index in [4.69, 9.17) is 10.7 Å². The number of nitrogens with two attached hydrogens (primary N) is 1. The molecule has 0 bridgehead atoms. The molecule has 0 saturated carbocycles. The lowest BCUT2D eigenvalue weighted by atomic mass is 9.82. The highest BCUT2D eigenvalue weighted by Crippen LogP contribution is 2.38. The normalized spacial score (nSPS) is 16.0. The lowest BCUT2D eigenvalue weighted by Crippen LogP contribution is -2.14. The van der Waals surface area contributed by atoms with Gasteiger partial charge in [-0.2, -0.15) is 0 Å². The Hall–Kier alpha value is -2.84. The number of carbonyl (C=O) groups excluding carboxylic acids is 1. The number of benzene rings is 1. The number of amides is 1. The second kappa shape index (κ2) is 7.20. The summed E-state index contributed by atoms with van der Waals surface area (Å²) in [4.78, 5) is 18.8. The smallest absolute Gasteiger partial charge is 0.269 e. The molecule has 0 radical (unpaired) electrons. The van der Waals surface area contributed by atoms with Crippen molar-refractivity contribution in [3.05, 3.63) is 63.1 Å². The number of fused-ring (bicyclic) bond motifs is 2. The number of carbonyl (C=O) groups is 1. The van der Waals surface area contributed by atoms with Crippen LogP contribution in [0.1, 0.15) is 43.8 Å². The SMILES string of the molecule is Cc1nnc(NC(=O)c2sc3nc4c(cc3c2N)C[C@@H](c2ccccc2)CC4)s1. The minimum Gasteiger partial charge on any atom is -0.397 e. The van der Waals surface area contributed by atoms with E-state index in [1.54, 1.807) is 0 Å². The van der Waals surface area contributed by atoms with Gasteiger partial charge < -0.3 is 5.73 Å². The number of hydrogen-bond donors (Lipinski definition) is 2. The lowest BCUT2D eigenvalue weighted by molar-refractivity contribution is 0.103. The third-order valence-corrected chi connectivity index (χ3v) is 7.18. The first-order valence-electron chi connectivity index (χ1n) is 9.45. The third kappa shape index (κ3) is 3.38. The zero-order chi connectivity index (χ0) is 20.0. The van der Waals surface area contributed by atoms with Crippen molar-refractivity contribution in [2.45, 2.75) is 32.1 Å². The Morgan fingerprint density at radius 3 is 2.79 bits per heavy atom. The number of anilines is 2. The topological polar surface area (TPSA) is 93.8 Å². The highest BCUT2D eigenvalue weighted by Gasteiger charge is 2.25. The summed E-state index contributed by atoms with van der Waals surface area (Å²) in [5, 5.41) is 12.8. The summed E-state index contributed by atoms with van der Waals surface area (Å²) < 4.78 is 0. The van der Waals surface area contributed by atoms with Crippen molar-refractivity contribution in [3.63, 3.8) is 0 Å². The van der Waals surface area contributed by atoms with Gasteiger partial charge in [0.05, 0.1) is 5.69 Å². The van der Waals surface area contributed by atoms with Crippen LogP contribution < -0.4 is 11.1 Å². The van der Waals surface area contributed by atoms with Crippen molar-refractivity contribution in [2.75, 3.05) is 11.1 Å². The van der Waals surface area contributed by atoms with E-state index in [-0.39, 0.29) is 5.91 Å². The van der Waals surface area contributed by atoms with E-state index in [2.05, 4.69) is 45.8 Å².